The van der Waals surface area contributed by atoms with Gasteiger partial charge >= 0.3 is 5.97 Å². The summed E-state index contributed by atoms with van der Waals surface area (Å²) in [7, 11) is 1.34. The summed E-state index contributed by atoms with van der Waals surface area (Å²) >= 11 is 0. The Morgan fingerprint density at radius 1 is 1.56 bits per heavy atom. The van der Waals surface area contributed by atoms with Crippen LogP contribution in [0.25, 0.3) is 0 Å². The summed E-state index contributed by atoms with van der Waals surface area (Å²) in [6.45, 7) is 3.16. The Kier molecular flexibility index (Phi) is 6.32. The molecule has 0 aromatic carbocycles. The molecule has 1 aromatic rings. The van der Waals surface area contributed by atoms with Crippen LogP contribution < -0.4 is 5.32 Å². The smallest absolute Gasteiger partial charge is 0.339 e. The normalized spacial score (nSPS) is 12.2. The van der Waals surface area contributed by atoms with Gasteiger partial charge < -0.3 is 15.2 Å². The van der Waals surface area contributed by atoms with Crippen LogP contribution in [0.4, 0.5) is 0 Å². The molecule has 0 amide bonds. The topological polar surface area (TPSA) is 71.5 Å². The molecule has 18 heavy (non-hydrogen) atoms. The summed E-state index contributed by atoms with van der Waals surface area (Å²) in [6.07, 6.45) is 2.94. The van der Waals surface area contributed by atoms with Gasteiger partial charge in [-0.25, -0.2) is 4.79 Å². The van der Waals surface area contributed by atoms with Crippen LogP contribution in [0.15, 0.2) is 18.3 Å². The van der Waals surface area contributed by atoms with E-state index in [-0.39, 0.29) is 12.1 Å². The van der Waals surface area contributed by atoms with E-state index in [1.54, 1.807) is 12.1 Å². The molecule has 0 aliphatic carbocycles. The first-order valence-corrected chi connectivity index (χ1v) is 6.09. The molecule has 0 spiro atoms. The average molecular weight is 252 g/mol. The first-order valence-electron chi connectivity index (χ1n) is 6.09. The average Bonchev–Trinajstić information content (AvgIpc) is 2.39. The molecule has 1 heterocycles. The van der Waals surface area contributed by atoms with Crippen LogP contribution in [0.1, 0.15) is 35.8 Å². The van der Waals surface area contributed by atoms with E-state index in [0.29, 0.717) is 18.7 Å². The fourth-order valence-electron chi connectivity index (χ4n) is 1.57. The lowest BCUT2D eigenvalue weighted by Gasteiger charge is -2.10. The third kappa shape index (κ3) is 4.81. The first kappa shape index (κ1) is 14.6. The molecule has 0 aliphatic heterocycles. The molecule has 1 atom stereocenters. The highest BCUT2D eigenvalue weighted by molar-refractivity contribution is 5.88. The van der Waals surface area contributed by atoms with Crippen molar-refractivity contribution in [3.8, 4) is 0 Å². The van der Waals surface area contributed by atoms with Crippen molar-refractivity contribution in [3.63, 3.8) is 0 Å². The summed E-state index contributed by atoms with van der Waals surface area (Å²) in [4.78, 5) is 15.3. The number of nitrogens with one attached hydrogen (secondary N) is 1. The van der Waals surface area contributed by atoms with E-state index < -0.39 is 0 Å². The largest absolute Gasteiger partial charge is 0.465 e. The van der Waals surface area contributed by atoms with Crippen molar-refractivity contribution in [2.45, 2.75) is 32.4 Å². The summed E-state index contributed by atoms with van der Waals surface area (Å²) in [5.74, 6) is -0.389. The molecule has 1 rings (SSSR count). The van der Waals surface area contributed by atoms with Crippen molar-refractivity contribution in [2.75, 3.05) is 13.7 Å². The minimum absolute atomic E-state index is 0.315. The minimum atomic E-state index is -0.389. The number of methoxy groups -OCH3 is 1. The minimum Gasteiger partial charge on any atom is -0.465 e. The SMILES string of the molecule is CCCC(O)CNCc1ccc(C(=O)OC)cn1. The van der Waals surface area contributed by atoms with E-state index in [1.807, 2.05) is 6.92 Å². The number of carbonyl (C=O) groups is 1. The molecule has 0 saturated heterocycles. The van der Waals surface area contributed by atoms with E-state index in [9.17, 15) is 9.90 Å². The van der Waals surface area contributed by atoms with Crippen molar-refractivity contribution in [1.29, 1.82) is 0 Å². The van der Waals surface area contributed by atoms with Crippen LogP contribution in [0.3, 0.4) is 0 Å². The molecule has 2 N–H and O–H groups in total. The predicted octanol–water partition coefficient (Wildman–Crippen LogP) is 1.12. The molecule has 5 nitrogen and oxygen atoms in total. The summed E-state index contributed by atoms with van der Waals surface area (Å²) in [6, 6.07) is 3.45. The second-order valence-electron chi connectivity index (χ2n) is 4.10. The van der Waals surface area contributed by atoms with E-state index in [1.165, 1.54) is 13.3 Å². The number of carbonyl (C=O) groups excluding carboxylic acids is 1. The molecule has 5 heteroatoms. The van der Waals surface area contributed by atoms with E-state index >= 15 is 0 Å². The van der Waals surface area contributed by atoms with Crippen LogP contribution in [0.2, 0.25) is 0 Å². The Morgan fingerprint density at radius 3 is 2.89 bits per heavy atom. The zero-order chi connectivity index (χ0) is 13.4. The van der Waals surface area contributed by atoms with Gasteiger partial charge in [-0.15, -0.1) is 0 Å². The monoisotopic (exact) mass is 252 g/mol. The van der Waals surface area contributed by atoms with Gasteiger partial charge in [0.2, 0.25) is 0 Å². The molecular formula is C13H20N2O3. The third-order valence-corrected chi connectivity index (χ3v) is 2.55. The molecule has 0 saturated carbocycles. The number of pyridine rings is 1. The van der Waals surface area contributed by atoms with E-state index in [0.717, 1.165) is 18.5 Å². The maximum absolute atomic E-state index is 11.2. The number of hydrogen-bond acceptors (Lipinski definition) is 5. The lowest BCUT2D eigenvalue weighted by Crippen LogP contribution is -2.26. The van der Waals surface area contributed by atoms with Gasteiger partial charge in [0.15, 0.2) is 0 Å². The van der Waals surface area contributed by atoms with Crippen molar-refractivity contribution >= 4 is 5.97 Å². The fraction of sp³-hybridized carbons (Fsp3) is 0.538. The number of esters is 1. The Balaban J connectivity index is 2.37. The van der Waals surface area contributed by atoms with Crippen molar-refractivity contribution in [2.24, 2.45) is 0 Å². The maximum atomic E-state index is 11.2. The van der Waals surface area contributed by atoms with Gasteiger partial charge in [-0.05, 0) is 18.6 Å². The van der Waals surface area contributed by atoms with Gasteiger partial charge in [-0.2, -0.15) is 0 Å². The van der Waals surface area contributed by atoms with Crippen LogP contribution >= 0.6 is 0 Å². The number of aliphatic hydroxyl groups excluding tert-OH is 1. The van der Waals surface area contributed by atoms with Crippen molar-refractivity contribution in [1.82, 2.24) is 10.3 Å². The third-order valence-electron chi connectivity index (χ3n) is 2.55. The number of aliphatic hydroxyl groups is 1. The van der Waals surface area contributed by atoms with Crippen LogP contribution in [0, 0.1) is 0 Å². The van der Waals surface area contributed by atoms with Crippen molar-refractivity contribution < 1.29 is 14.6 Å². The van der Waals surface area contributed by atoms with E-state index in [2.05, 4.69) is 15.0 Å². The molecular weight excluding hydrogens is 232 g/mol. The molecule has 0 aliphatic rings. The van der Waals surface area contributed by atoms with E-state index in [4.69, 9.17) is 0 Å². The number of nitrogens with zero attached hydrogens (tertiary/aromatic N) is 1. The van der Waals surface area contributed by atoms with Gasteiger partial charge in [0.25, 0.3) is 0 Å². The number of aromatic nitrogens is 1. The molecule has 0 radical (unpaired) electrons. The Labute approximate surface area is 107 Å². The maximum Gasteiger partial charge on any atom is 0.339 e. The van der Waals surface area contributed by atoms with Gasteiger partial charge in [-0.3, -0.25) is 4.98 Å². The van der Waals surface area contributed by atoms with Gasteiger partial charge in [0, 0.05) is 19.3 Å². The second-order valence-corrected chi connectivity index (χ2v) is 4.10. The number of ether oxygens (including phenoxy) is 1. The molecule has 1 aromatic heterocycles. The zero-order valence-electron chi connectivity index (χ0n) is 10.8. The molecule has 1 unspecified atom stereocenters. The quantitative estimate of drug-likeness (QED) is 0.711. The lowest BCUT2D eigenvalue weighted by atomic mass is 10.2. The van der Waals surface area contributed by atoms with Gasteiger partial charge in [0.05, 0.1) is 24.5 Å². The second kappa shape index (κ2) is 7.79. The molecule has 0 fully saturated rings. The lowest BCUT2D eigenvalue weighted by molar-refractivity contribution is 0.0600. The van der Waals surface area contributed by atoms with Crippen molar-refractivity contribution in [3.05, 3.63) is 29.6 Å². The molecule has 100 valence electrons. The van der Waals surface area contributed by atoms with Gasteiger partial charge in [0.1, 0.15) is 0 Å². The predicted molar refractivity (Wildman–Crippen MR) is 68.2 cm³/mol. The first-order chi connectivity index (χ1) is 8.67. The van der Waals surface area contributed by atoms with Crippen LogP contribution in [0.5, 0.6) is 0 Å². The summed E-state index contributed by atoms with van der Waals surface area (Å²) in [5, 5.41) is 12.7. The Morgan fingerprint density at radius 2 is 2.33 bits per heavy atom. The number of rotatable bonds is 7. The fourth-order valence-corrected chi connectivity index (χ4v) is 1.57. The number of hydrogen-bond donors (Lipinski definition) is 2. The van der Waals surface area contributed by atoms with Crippen LogP contribution in [-0.4, -0.2) is 35.8 Å². The Bertz CT molecular complexity index is 365. The van der Waals surface area contributed by atoms with Gasteiger partial charge in [-0.1, -0.05) is 13.3 Å². The molecule has 0 bridgehead atoms. The standard InChI is InChI=1S/C13H20N2O3/c1-3-4-12(16)9-14-8-11-6-5-10(7-15-11)13(17)18-2/h5-7,12,14,16H,3-4,8-9H2,1-2H3. The summed E-state index contributed by atoms with van der Waals surface area (Å²) in [5.41, 5.74) is 1.26. The zero-order valence-corrected chi connectivity index (χ0v) is 10.8. The highest BCUT2D eigenvalue weighted by Gasteiger charge is 2.06. The Hall–Kier alpha value is -1.46. The highest BCUT2D eigenvalue weighted by atomic mass is 16.5. The van der Waals surface area contributed by atoms with Crippen LogP contribution in [-0.2, 0) is 11.3 Å². The summed E-state index contributed by atoms with van der Waals surface area (Å²) < 4.78 is 4.59. The highest BCUT2D eigenvalue weighted by Crippen LogP contribution is 2.02.